The summed E-state index contributed by atoms with van der Waals surface area (Å²) in [4.78, 5) is 5.73. The number of aromatic nitrogens is 4. The van der Waals surface area contributed by atoms with Gasteiger partial charge in [0.1, 0.15) is 23.4 Å². The first-order valence-electron chi connectivity index (χ1n) is 6.66. The molecule has 0 saturated carbocycles. The van der Waals surface area contributed by atoms with Crippen LogP contribution in [0.3, 0.4) is 0 Å². The number of rotatable bonds is 3. The Labute approximate surface area is 121 Å². The quantitative estimate of drug-likeness (QED) is 0.693. The summed E-state index contributed by atoms with van der Waals surface area (Å²) in [5.41, 5.74) is 2.75. The topological polar surface area (TPSA) is 43.6 Å². The zero-order valence-electron chi connectivity index (χ0n) is 11.3. The van der Waals surface area contributed by atoms with Crippen LogP contribution in [0.4, 0.5) is 4.39 Å². The Bertz CT molecular complexity index is 781. The largest absolute Gasteiger partial charge is 0.244 e. The average Bonchev–Trinajstić information content (AvgIpc) is 2.94. The Hall–Kier alpha value is -2.74. The van der Waals surface area contributed by atoms with Gasteiger partial charge in [-0.05, 0) is 30.2 Å². The summed E-state index contributed by atoms with van der Waals surface area (Å²) in [7, 11) is 0. The normalized spacial score (nSPS) is 10.3. The van der Waals surface area contributed by atoms with Crippen LogP contribution in [0.5, 0.6) is 0 Å². The predicted molar refractivity (Wildman–Crippen MR) is 78.1 cm³/mol. The number of aryl methyl sites for hydroxylation is 1. The lowest BCUT2D eigenvalue weighted by Crippen LogP contribution is -2.01. The molecule has 0 fully saturated rings. The van der Waals surface area contributed by atoms with Crippen LogP contribution in [0.15, 0.2) is 42.5 Å². The van der Waals surface area contributed by atoms with E-state index in [2.05, 4.69) is 27.0 Å². The van der Waals surface area contributed by atoms with Crippen molar-refractivity contribution in [3.63, 3.8) is 0 Å². The molecule has 0 radical (unpaired) electrons. The molecule has 21 heavy (non-hydrogen) atoms. The molecule has 1 aromatic carbocycles. The van der Waals surface area contributed by atoms with Crippen LogP contribution in [0.25, 0.3) is 11.0 Å². The van der Waals surface area contributed by atoms with Gasteiger partial charge in [-0.2, -0.15) is 15.0 Å². The van der Waals surface area contributed by atoms with Gasteiger partial charge in [-0.3, -0.25) is 0 Å². The first-order valence-corrected chi connectivity index (χ1v) is 6.66. The number of nitrogens with zero attached hydrogens (tertiary/aromatic N) is 4. The third-order valence-electron chi connectivity index (χ3n) is 2.93. The Morgan fingerprint density at radius 2 is 1.76 bits per heavy atom. The maximum absolute atomic E-state index is 12.5. The first-order chi connectivity index (χ1) is 10.3. The van der Waals surface area contributed by atoms with Crippen LogP contribution >= 0.6 is 0 Å². The van der Waals surface area contributed by atoms with Crippen molar-refractivity contribution < 1.29 is 4.39 Å². The first kappa shape index (κ1) is 13.3. The molecule has 4 nitrogen and oxygen atoms in total. The van der Waals surface area contributed by atoms with Crippen molar-refractivity contribution >= 4 is 11.0 Å². The highest BCUT2D eigenvalue weighted by molar-refractivity contribution is 5.72. The molecule has 0 atom stereocenters. The molecule has 3 rings (SSSR count). The van der Waals surface area contributed by atoms with E-state index in [-0.39, 0.29) is 0 Å². The molecule has 3 aromatic rings. The van der Waals surface area contributed by atoms with Gasteiger partial charge in [0.15, 0.2) is 0 Å². The average molecular weight is 280 g/mol. The summed E-state index contributed by atoms with van der Waals surface area (Å²) < 4.78 is 12.5. The van der Waals surface area contributed by atoms with Gasteiger partial charge in [0.25, 0.3) is 0 Å². The number of hydrogen-bond donors (Lipinski definition) is 0. The van der Waals surface area contributed by atoms with E-state index >= 15 is 0 Å². The lowest BCUT2D eigenvalue weighted by molar-refractivity contribution is 0.476. The van der Waals surface area contributed by atoms with Crippen molar-refractivity contribution in [2.24, 2.45) is 0 Å². The fourth-order valence-electron chi connectivity index (χ4n) is 1.94. The van der Waals surface area contributed by atoms with Crippen molar-refractivity contribution in [1.29, 1.82) is 0 Å². The van der Waals surface area contributed by atoms with Crippen LogP contribution in [-0.4, -0.2) is 20.0 Å². The Kier molecular flexibility index (Phi) is 3.88. The molecule has 0 unspecified atom stereocenters. The van der Waals surface area contributed by atoms with Gasteiger partial charge in [-0.25, -0.2) is 9.37 Å². The van der Waals surface area contributed by atoms with Gasteiger partial charge in [-0.15, -0.1) is 0 Å². The number of pyridine rings is 1. The Morgan fingerprint density at radius 3 is 2.48 bits per heavy atom. The maximum atomic E-state index is 12.5. The fourth-order valence-corrected chi connectivity index (χ4v) is 1.94. The van der Waals surface area contributed by atoms with Crippen molar-refractivity contribution in [1.82, 2.24) is 20.0 Å². The van der Waals surface area contributed by atoms with E-state index in [1.165, 1.54) is 0 Å². The fraction of sp³-hybridized carbons (Fsp3) is 0.188. The molecular formula is C16H13FN4. The second-order valence-corrected chi connectivity index (χ2v) is 4.48. The third kappa shape index (κ3) is 3.23. The van der Waals surface area contributed by atoms with Gasteiger partial charge in [-0.1, -0.05) is 24.1 Å². The van der Waals surface area contributed by atoms with Gasteiger partial charge in [0, 0.05) is 6.42 Å². The van der Waals surface area contributed by atoms with Gasteiger partial charge >= 0.3 is 0 Å². The minimum Gasteiger partial charge on any atom is -0.244 e. The molecule has 0 spiro atoms. The molecule has 0 aliphatic heterocycles. The zero-order valence-corrected chi connectivity index (χ0v) is 11.3. The van der Waals surface area contributed by atoms with E-state index in [9.17, 15) is 4.39 Å². The second-order valence-electron chi connectivity index (χ2n) is 4.48. The molecule has 5 heteroatoms. The van der Waals surface area contributed by atoms with E-state index in [1.54, 1.807) is 23.0 Å². The minimum absolute atomic E-state index is 0.404. The Morgan fingerprint density at radius 1 is 1.00 bits per heavy atom. The molecular weight excluding hydrogens is 267 g/mol. The summed E-state index contributed by atoms with van der Waals surface area (Å²) >= 11 is 0. The lowest BCUT2D eigenvalue weighted by atomic mass is 10.3. The van der Waals surface area contributed by atoms with E-state index in [0.717, 1.165) is 11.0 Å². The molecule has 0 bridgehead atoms. The number of hydrogen-bond acceptors (Lipinski definition) is 3. The number of fused-ring (bicyclic) bond motifs is 1. The van der Waals surface area contributed by atoms with Crippen molar-refractivity contribution in [3.8, 4) is 11.8 Å². The van der Waals surface area contributed by atoms with Crippen molar-refractivity contribution in [3.05, 3.63) is 53.9 Å². The summed E-state index contributed by atoms with van der Waals surface area (Å²) in [6.07, 6.45) is 0.614. The molecule has 0 saturated heterocycles. The highest BCUT2D eigenvalue weighted by Gasteiger charge is 1.99. The smallest absolute Gasteiger partial charge is 0.131 e. The van der Waals surface area contributed by atoms with Gasteiger partial charge in [0.2, 0.25) is 0 Å². The zero-order chi connectivity index (χ0) is 14.5. The minimum atomic E-state index is -0.570. The summed E-state index contributed by atoms with van der Waals surface area (Å²) in [6, 6.07) is 12.9. The van der Waals surface area contributed by atoms with Crippen LogP contribution in [0, 0.1) is 11.8 Å². The standard InChI is InChI=1S/C16H13FN4/c17-12-14-8-5-7-13(18-14)6-3-4-11-21-19-15-9-1-2-10-16(15)20-21/h1-2,5,7-10H,4,11-12H2. The van der Waals surface area contributed by atoms with Crippen molar-refractivity contribution in [2.45, 2.75) is 19.6 Å². The second kappa shape index (κ2) is 6.14. The molecule has 2 aromatic heterocycles. The Balaban J connectivity index is 1.64. The number of halogens is 1. The summed E-state index contributed by atoms with van der Waals surface area (Å²) in [5.74, 6) is 5.94. The van der Waals surface area contributed by atoms with Crippen LogP contribution in [-0.2, 0) is 13.2 Å². The molecule has 0 aliphatic rings. The summed E-state index contributed by atoms with van der Waals surface area (Å²) in [6.45, 7) is 0.0454. The number of alkyl halides is 1. The maximum Gasteiger partial charge on any atom is 0.131 e. The molecule has 0 aliphatic carbocycles. The SMILES string of the molecule is FCc1cccc(C#CCCn2nc3ccccc3n2)n1. The van der Waals surface area contributed by atoms with E-state index < -0.39 is 6.67 Å². The van der Waals surface area contributed by atoms with Gasteiger partial charge in [0.05, 0.1) is 12.2 Å². The van der Waals surface area contributed by atoms with E-state index in [1.807, 2.05) is 24.3 Å². The van der Waals surface area contributed by atoms with E-state index in [0.29, 0.717) is 24.4 Å². The highest BCUT2D eigenvalue weighted by atomic mass is 19.1. The summed E-state index contributed by atoms with van der Waals surface area (Å²) in [5, 5.41) is 8.71. The predicted octanol–water partition coefficient (Wildman–Crippen LogP) is 2.74. The molecule has 104 valence electrons. The molecule has 0 amide bonds. The monoisotopic (exact) mass is 280 g/mol. The van der Waals surface area contributed by atoms with Crippen LogP contribution in [0.2, 0.25) is 0 Å². The highest BCUT2D eigenvalue weighted by Crippen LogP contribution is 2.07. The van der Waals surface area contributed by atoms with E-state index in [4.69, 9.17) is 0 Å². The van der Waals surface area contributed by atoms with Crippen molar-refractivity contribution in [2.75, 3.05) is 0 Å². The number of benzene rings is 1. The van der Waals surface area contributed by atoms with Crippen LogP contribution in [0.1, 0.15) is 17.8 Å². The third-order valence-corrected chi connectivity index (χ3v) is 2.93. The van der Waals surface area contributed by atoms with Gasteiger partial charge < -0.3 is 0 Å². The van der Waals surface area contributed by atoms with Crippen LogP contribution < -0.4 is 0 Å². The lowest BCUT2D eigenvalue weighted by Gasteiger charge is -1.94. The molecule has 2 heterocycles. The molecule has 0 N–H and O–H groups in total.